The maximum atomic E-state index is 12.8. The molecule has 0 spiro atoms. The van der Waals surface area contributed by atoms with Crippen molar-refractivity contribution in [3.63, 3.8) is 0 Å². The molecule has 0 N–H and O–H groups in total. The molecule has 1 heterocycles. The van der Waals surface area contributed by atoms with E-state index in [9.17, 15) is 9.59 Å². The molecular weight excluding hydrogens is 290 g/mol. The van der Waals surface area contributed by atoms with Crippen molar-refractivity contribution >= 4 is 11.8 Å². The first-order valence-corrected chi connectivity index (χ1v) is 8.39. The van der Waals surface area contributed by atoms with E-state index in [0.29, 0.717) is 19.1 Å². The molecule has 23 heavy (non-hydrogen) atoms. The van der Waals surface area contributed by atoms with Gasteiger partial charge in [0.05, 0.1) is 6.54 Å². The number of aryl methyl sites for hydroxylation is 1. The predicted octanol–water partition coefficient (Wildman–Crippen LogP) is 1.94. The SMILES string of the molecule is C=CCN(CC(=O)N(Cc1cccn1C)C1CC1)C(=O)C1CC1. The van der Waals surface area contributed by atoms with Crippen LogP contribution in [0, 0.1) is 5.92 Å². The van der Waals surface area contributed by atoms with Gasteiger partial charge in [0.1, 0.15) is 6.54 Å². The molecule has 0 aromatic carbocycles. The van der Waals surface area contributed by atoms with Crippen LogP contribution in [0.3, 0.4) is 0 Å². The Bertz CT molecular complexity index is 599. The molecule has 1 aromatic heterocycles. The Labute approximate surface area is 137 Å². The third-order valence-corrected chi connectivity index (χ3v) is 4.61. The summed E-state index contributed by atoms with van der Waals surface area (Å²) < 4.78 is 2.04. The maximum Gasteiger partial charge on any atom is 0.242 e. The molecule has 1 aromatic rings. The van der Waals surface area contributed by atoms with E-state index in [1.807, 2.05) is 34.8 Å². The van der Waals surface area contributed by atoms with Crippen molar-refractivity contribution < 1.29 is 9.59 Å². The molecule has 3 rings (SSSR count). The van der Waals surface area contributed by atoms with E-state index in [-0.39, 0.29) is 24.3 Å². The van der Waals surface area contributed by atoms with Gasteiger partial charge in [0.15, 0.2) is 0 Å². The van der Waals surface area contributed by atoms with E-state index in [2.05, 4.69) is 6.58 Å². The molecule has 0 bridgehead atoms. The largest absolute Gasteiger partial charge is 0.353 e. The summed E-state index contributed by atoms with van der Waals surface area (Å²) in [6.45, 7) is 4.95. The lowest BCUT2D eigenvalue weighted by atomic mass is 10.3. The van der Waals surface area contributed by atoms with Gasteiger partial charge in [-0.25, -0.2) is 0 Å². The summed E-state index contributed by atoms with van der Waals surface area (Å²) in [4.78, 5) is 28.7. The summed E-state index contributed by atoms with van der Waals surface area (Å²) in [6.07, 6.45) is 7.73. The molecule has 0 unspecified atom stereocenters. The van der Waals surface area contributed by atoms with Crippen LogP contribution >= 0.6 is 0 Å². The Morgan fingerprint density at radius 2 is 2.09 bits per heavy atom. The Morgan fingerprint density at radius 3 is 2.61 bits per heavy atom. The summed E-state index contributed by atoms with van der Waals surface area (Å²) in [5, 5.41) is 0. The summed E-state index contributed by atoms with van der Waals surface area (Å²) in [6, 6.07) is 4.37. The van der Waals surface area contributed by atoms with Gasteiger partial charge in [0.2, 0.25) is 11.8 Å². The molecule has 2 saturated carbocycles. The minimum atomic E-state index is 0.0459. The topological polar surface area (TPSA) is 45.6 Å². The summed E-state index contributed by atoms with van der Waals surface area (Å²) >= 11 is 0. The molecule has 124 valence electrons. The molecule has 0 atom stereocenters. The number of aromatic nitrogens is 1. The van der Waals surface area contributed by atoms with Crippen molar-refractivity contribution in [3.05, 3.63) is 36.7 Å². The lowest BCUT2D eigenvalue weighted by Gasteiger charge is -2.27. The molecule has 2 amide bonds. The van der Waals surface area contributed by atoms with Crippen molar-refractivity contribution in [2.45, 2.75) is 38.3 Å². The van der Waals surface area contributed by atoms with Crippen LogP contribution in [-0.4, -0.2) is 45.3 Å². The van der Waals surface area contributed by atoms with Gasteiger partial charge < -0.3 is 14.4 Å². The number of nitrogens with zero attached hydrogens (tertiary/aromatic N) is 3. The van der Waals surface area contributed by atoms with Gasteiger partial charge in [0.25, 0.3) is 0 Å². The van der Waals surface area contributed by atoms with Crippen LogP contribution in [0.5, 0.6) is 0 Å². The second kappa shape index (κ2) is 6.60. The first kappa shape index (κ1) is 15.8. The van der Waals surface area contributed by atoms with Gasteiger partial charge in [-0.15, -0.1) is 6.58 Å². The molecule has 5 nitrogen and oxygen atoms in total. The minimum Gasteiger partial charge on any atom is -0.353 e. The highest BCUT2D eigenvalue weighted by Gasteiger charge is 2.37. The number of carbonyl (C=O) groups is 2. The Hall–Kier alpha value is -2.04. The molecule has 2 fully saturated rings. The first-order valence-electron chi connectivity index (χ1n) is 8.39. The number of carbonyl (C=O) groups excluding carboxylic acids is 2. The number of hydrogen-bond acceptors (Lipinski definition) is 2. The van der Waals surface area contributed by atoms with Gasteiger partial charge in [-0.2, -0.15) is 0 Å². The lowest BCUT2D eigenvalue weighted by Crippen LogP contribution is -2.44. The van der Waals surface area contributed by atoms with Crippen molar-refractivity contribution in [2.24, 2.45) is 13.0 Å². The van der Waals surface area contributed by atoms with Crippen LogP contribution < -0.4 is 0 Å². The Morgan fingerprint density at radius 1 is 1.35 bits per heavy atom. The zero-order valence-corrected chi connectivity index (χ0v) is 13.8. The van der Waals surface area contributed by atoms with Gasteiger partial charge in [-0.05, 0) is 37.8 Å². The van der Waals surface area contributed by atoms with Crippen molar-refractivity contribution in [2.75, 3.05) is 13.1 Å². The average molecular weight is 315 g/mol. The van der Waals surface area contributed by atoms with E-state index in [0.717, 1.165) is 31.4 Å². The molecular formula is C18H25N3O2. The Kier molecular flexibility index (Phi) is 4.55. The van der Waals surface area contributed by atoms with Crippen LogP contribution in [-0.2, 0) is 23.2 Å². The molecule has 0 saturated heterocycles. The van der Waals surface area contributed by atoms with E-state index >= 15 is 0 Å². The highest BCUT2D eigenvalue weighted by Crippen LogP contribution is 2.32. The fourth-order valence-electron chi connectivity index (χ4n) is 2.87. The lowest BCUT2D eigenvalue weighted by molar-refractivity contribution is -0.141. The number of amides is 2. The quantitative estimate of drug-likeness (QED) is 0.688. The normalized spacial score (nSPS) is 16.9. The van der Waals surface area contributed by atoms with Crippen molar-refractivity contribution in [1.29, 1.82) is 0 Å². The third kappa shape index (κ3) is 3.84. The van der Waals surface area contributed by atoms with Crippen molar-refractivity contribution in [1.82, 2.24) is 14.4 Å². The average Bonchev–Trinajstić information content (AvgIpc) is 3.43. The number of rotatable bonds is 8. The summed E-state index contributed by atoms with van der Waals surface area (Å²) in [5.74, 6) is 0.280. The summed E-state index contributed by atoms with van der Waals surface area (Å²) in [5.41, 5.74) is 1.12. The Balaban J connectivity index is 1.66. The van der Waals surface area contributed by atoms with Crippen LogP contribution in [0.25, 0.3) is 0 Å². The van der Waals surface area contributed by atoms with Crippen molar-refractivity contribution in [3.8, 4) is 0 Å². The molecule has 2 aliphatic rings. The second-order valence-corrected chi connectivity index (χ2v) is 6.64. The van der Waals surface area contributed by atoms with Crippen LogP contribution in [0.2, 0.25) is 0 Å². The highest BCUT2D eigenvalue weighted by atomic mass is 16.2. The van der Waals surface area contributed by atoms with Crippen LogP contribution in [0.15, 0.2) is 31.0 Å². The van der Waals surface area contributed by atoms with Gasteiger partial charge in [-0.3, -0.25) is 9.59 Å². The third-order valence-electron chi connectivity index (χ3n) is 4.61. The molecule has 2 aliphatic carbocycles. The van der Waals surface area contributed by atoms with E-state index in [1.165, 1.54) is 0 Å². The van der Waals surface area contributed by atoms with Crippen LogP contribution in [0.4, 0.5) is 0 Å². The second-order valence-electron chi connectivity index (χ2n) is 6.64. The smallest absolute Gasteiger partial charge is 0.242 e. The highest BCUT2D eigenvalue weighted by molar-refractivity contribution is 5.87. The first-order chi connectivity index (χ1) is 11.1. The maximum absolute atomic E-state index is 12.8. The van der Waals surface area contributed by atoms with E-state index in [1.54, 1.807) is 11.0 Å². The number of hydrogen-bond donors (Lipinski definition) is 0. The fourth-order valence-corrected chi connectivity index (χ4v) is 2.87. The molecule has 5 heteroatoms. The zero-order chi connectivity index (χ0) is 16.4. The standard InChI is InChI=1S/C18H25N3O2/c1-3-10-20(18(23)14-6-7-14)13-17(22)21(15-8-9-15)12-16-5-4-11-19(16)2/h3-5,11,14-15H,1,6-10,12-13H2,2H3. The fraction of sp³-hybridized carbons (Fsp3) is 0.556. The van der Waals surface area contributed by atoms with Gasteiger partial charge >= 0.3 is 0 Å². The van der Waals surface area contributed by atoms with E-state index in [4.69, 9.17) is 0 Å². The predicted molar refractivity (Wildman–Crippen MR) is 88.5 cm³/mol. The molecule has 0 radical (unpaired) electrons. The van der Waals surface area contributed by atoms with Gasteiger partial charge in [-0.1, -0.05) is 6.08 Å². The zero-order valence-electron chi connectivity index (χ0n) is 13.8. The summed E-state index contributed by atoms with van der Waals surface area (Å²) in [7, 11) is 1.99. The van der Waals surface area contributed by atoms with Gasteiger partial charge in [0, 0.05) is 37.4 Å². The van der Waals surface area contributed by atoms with E-state index < -0.39 is 0 Å². The minimum absolute atomic E-state index is 0.0459. The monoisotopic (exact) mass is 315 g/mol. The van der Waals surface area contributed by atoms with Crippen LogP contribution in [0.1, 0.15) is 31.4 Å². The molecule has 0 aliphatic heterocycles.